The monoisotopic (exact) mass is 527 g/mol. The van der Waals surface area contributed by atoms with Crippen LogP contribution in [-0.4, -0.2) is 12.5 Å². The van der Waals surface area contributed by atoms with Crippen LogP contribution in [-0.2, 0) is 13.5 Å². The van der Waals surface area contributed by atoms with Crippen molar-refractivity contribution < 1.29 is 4.57 Å². The molecule has 2 nitrogen and oxygen atoms in total. The van der Waals surface area contributed by atoms with Crippen LogP contribution in [0, 0.1) is 19.3 Å². The highest BCUT2D eigenvalue weighted by Gasteiger charge is 2.30. The van der Waals surface area contributed by atoms with Crippen molar-refractivity contribution in [3.8, 4) is 0 Å². The second-order valence-corrected chi connectivity index (χ2v) is 19.1. The van der Waals surface area contributed by atoms with Gasteiger partial charge in [-0.1, -0.05) is 93.6 Å². The van der Waals surface area contributed by atoms with Gasteiger partial charge in [-0.25, -0.2) is 4.57 Å². The number of nitrogens with zero attached hydrogens (tertiary/aromatic N) is 2. The molecule has 0 aliphatic heterocycles. The van der Waals surface area contributed by atoms with Gasteiger partial charge < -0.3 is 4.40 Å². The van der Waals surface area contributed by atoms with E-state index >= 15 is 0 Å². The molecule has 3 aromatic heterocycles. The molecule has 4 aromatic carbocycles. The summed E-state index contributed by atoms with van der Waals surface area (Å²) in [4.78, 5) is 0. The zero-order chi connectivity index (χ0) is 27.6. The Morgan fingerprint density at radius 3 is 2.26 bits per heavy atom. The summed E-state index contributed by atoms with van der Waals surface area (Å²) in [5, 5.41) is 11.3. The Kier molecular flexibility index (Phi) is 4.93. The molecule has 0 saturated heterocycles. The first kappa shape index (κ1) is 24.6. The number of hydrogen-bond acceptors (Lipinski definition) is 0. The van der Waals surface area contributed by atoms with Crippen molar-refractivity contribution in [3.63, 3.8) is 0 Å². The molecule has 0 bridgehead atoms. The molecular formula is C36H39N2Si+. The van der Waals surface area contributed by atoms with Crippen molar-refractivity contribution in [3.05, 3.63) is 77.5 Å². The van der Waals surface area contributed by atoms with E-state index in [1.807, 2.05) is 0 Å². The maximum atomic E-state index is 2.67. The Bertz CT molecular complexity index is 2130. The van der Waals surface area contributed by atoms with Crippen LogP contribution in [0.4, 0.5) is 0 Å². The number of fused-ring (bicyclic) bond motifs is 7. The number of hydrogen-bond donors (Lipinski definition) is 0. The standard InChI is InChI=1S/C36H39N2Si/c1-21-13-15-24-26(19-21)22(2)30-34(27(24)20-36(3,4)5)38-28-11-10-12-29(39(7,8)9)32(28)25-16-14-23-17-18-37(6)35(30)31(23)33(25)38/h10-19H,20H2,1-9H3/q+1. The number of aromatic nitrogens is 2. The first-order chi connectivity index (χ1) is 18.4. The van der Waals surface area contributed by atoms with Crippen molar-refractivity contribution in [1.82, 2.24) is 4.40 Å². The Morgan fingerprint density at radius 2 is 1.54 bits per heavy atom. The van der Waals surface area contributed by atoms with Gasteiger partial charge in [0, 0.05) is 16.8 Å². The summed E-state index contributed by atoms with van der Waals surface area (Å²) in [6.45, 7) is 19.2. The minimum atomic E-state index is -1.60. The first-order valence-corrected chi connectivity index (χ1v) is 17.8. The zero-order valence-electron chi connectivity index (χ0n) is 24.9. The third-order valence-corrected chi connectivity index (χ3v) is 10.9. The third kappa shape index (κ3) is 3.35. The van der Waals surface area contributed by atoms with Gasteiger partial charge >= 0.3 is 0 Å². The third-order valence-electron chi connectivity index (χ3n) is 8.83. The molecule has 0 aliphatic carbocycles. The van der Waals surface area contributed by atoms with Gasteiger partial charge in [0.2, 0.25) is 5.52 Å². The maximum Gasteiger partial charge on any atom is 0.224 e. The van der Waals surface area contributed by atoms with Gasteiger partial charge in [0.05, 0.1) is 35.4 Å². The fraction of sp³-hybridized carbons (Fsp3) is 0.306. The molecule has 0 spiro atoms. The maximum absolute atomic E-state index is 2.67. The molecular weight excluding hydrogens is 488 g/mol. The quantitative estimate of drug-likeness (QED) is 0.0919. The smallest absolute Gasteiger partial charge is 0.224 e. The van der Waals surface area contributed by atoms with Crippen LogP contribution in [0.1, 0.15) is 37.5 Å². The lowest BCUT2D eigenvalue weighted by atomic mass is 9.83. The number of aryl methyl sites for hydroxylation is 3. The van der Waals surface area contributed by atoms with E-state index in [2.05, 4.69) is 131 Å². The molecule has 0 radical (unpaired) electrons. The molecule has 3 heterocycles. The number of rotatable bonds is 2. The van der Waals surface area contributed by atoms with Crippen LogP contribution in [0.5, 0.6) is 0 Å². The predicted molar refractivity (Wildman–Crippen MR) is 173 cm³/mol. The molecule has 0 atom stereocenters. The summed E-state index contributed by atoms with van der Waals surface area (Å²) >= 11 is 0. The van der Waals surface area contributed by atoms with Gasteiger partial charge in [0.1, 0.15) is 7.05 Å². The van der Waals surface area contributed by atoms with E-state index < -0.39 is 8.07 Å². The Hall–Kier alpha value is -3.43. The van der Waals surface area contributed by atoms with Gasteiger partial charge in [-0.05, 0) is 59.0 Å². The molecule has 0 N–H and O–H groups in total. The van der Waals surface area contributed by atoms with Crippen molar-refractivity contribution in [2.75, 3.05) is 0 Å². The van der Waals surface area contributed by atoms with Crippen molar-refractivity contribution in [2.24, 2.45) is 12.5 Å². The second-order valence-electron chi connectivity index (χ2n) is 14.1. The molecule has 39 heavy (non-hydrogen) atoms. The van der Waals surface area contributed by atoms with E-state index in [1.54, 1.807) is 5.19 Å². The Labute approximate surface area is 232 Å². The van der Waals surface area contributed by atoms with Gasteiger partial charge in [-0.15, -0.1) is 0 Å². The van der Waals surface area contributed by atoms with Gasteiger partial charge in [0.25, 0.3) is 0 Å². The Balaban J connectivity index is 1.93. The molecule has 196 valence electrons. The molecule has 0 saturated carbocycles. The van der Waals surface area contributed by atoms with E-state index in [-0.39, 0.29) is 5.41 Å². The fourth-order valence-corrected chi connectivity index (χ4v) is 8.84. The van der Waals surface area contributed by atoms with E-state index in [0.717, 1.165) is 6.42 Å². The minimum Gasteiger partial charge on any atom is -0.307 e. The molecule has 7 aromatic rings. The number of pyridine rings is 2. The normalized spacial score (nSPS) is 13.4. The highest BCUT2D eigenvalue weighted by molar-refractivity contribution is 6.90. The van der Waals surface area contributed by atoms with Crippen LogP contribution in [0.15, 0.2) is 60.8 Å². The lowest BCUT2D eigenvalue weighted by molar-refractivity contribution is -0.643. The summed E-state index contributed by atoms with van der Waals surface area (Å²) < 4.78 is 5.04. The van der Waals surface area contributed by atoms with Gasteiger partial charge in [-0.2, -0.15) is 0 Å². The van der Waals surface area contributed by atoms with Crippen LogP contribution in [0.3, 0.4) is 0 Å². The van der Waals surface area contributed by atoms with Gasteiger partial charge in [0.15, 0.2) is 6.20 Å². The molecule has 3 heteroatoms. The topological polar surface area (TPSA) is 8.29 Å². The van der Waals surface area contributed by atoms with Crippen molar-refractivity contribution in [2.45, 2.75) is 60.7 Å². The summed E-state index contributed by atoms with van der Waals surface area (Å²) in [6, 6.07) is 21.2. The molecule has 0 fully saturated rings. The molecule has 0 unspecified atom stereocenters. The Morgan fingerprint density at radius 1 is 0.795 bits per heavy atom. The summed E-state index contributed by atoms with van der Waals surface area (Å²) in [7, 11) is 0.630. The highest BCUT2D eigenvalue weighted by atomic mass is 28.3. The fourth-order valence-electron chi connectivity index (χ4n) is 7.23. The van der Waals surface area contributed by atoms with Crippen LogP contribution in [0.2, 0.25) is 19.6 Å². The van der Waals surface area contributed by atoms with Crippen LogP contribution >= 0.6 is 0 Å². The van der Waals surface area contributed by atoms with Crippen LogP contribution < -0.4 is 9.75 Å². The van der Waals surface area contributed by atoms with E-state index in [4.69, 9.17) is 0 Å². The predicted octanol–water partition coefficient (Wildman–Crippen LogP) is 8.72. The lowest BCUT2D eigenvalue weighted by Gasteiger charge is -2.24. The van der Waals surface area contributed by atoms with Crippen molar-refractivity contribution in [1.29, 1.82) is 0 Å². The lowest BCUT2D eigenvalue weighted by Crippen LogP contribution is -2.37. The van der Waals surface area contributed by atoms with Crippen molar-refractivity contribution >= 4 is 73.0 Å². The van der Waals surface area contributed by atoms with E-state index in [0.29, 0.717) is 0 Å². The first-order valence-electron chi connectivity index (χ1n) is 14.3. The average molecular weight is 528 g/mol. The highest BCUT2D eigenvalue weighted by Crippen LogP contribution is 2.45. The number of benzene rings is 4. The molecule has 7 rings (SSSR count). The van der Waals surface area contributed by atoms with Crippen LogP contribution in [0.25, 0.3) is 59.8 Å². The molecule has 0 amide bonds. The van der Waals surface area contributed by atoms with E-state index in [1.165, 1.54) is 76.5 Å². The summed E-state index contributed by atoms with van der Waals surface area (Å²) in [5.41, 5.74) is 9.82. The summed E-state index contributed by atoms with van der Waals surface area (Å²) in [6.07, 6.45) is 3.27. The summed E-state index contributed by atoms with van der Waals surface area (Å²) in [5.74, 6) is 0. The largest absolute Gasteiger partial charge is 0.307 e. The molecule has 0 aliphatic rings. The SMILES string of the molecule is Cc1ccc2c(CC(C)(C)C)c3c(c(C)c2c1)c1c2c(ccc4c5c([Si](C)(C)C)cccc5n3c42)cc[n+]1C. The minimum absolute atomic E-state index is 0.150. The van der Waals surface area contributed by atoms with Gasteiger partial charge in [-0.3, -0.25) is 0 Å². The van der Waals surface area contributed by atoms with E-state index in [9.17, 15) is 0 Å². The second kappa shape index (κ2) is 7.82. The zero-order valence-corrected chi connectivity index (χ0v) is 25.9. The average Bonchev–Trinajstić information content (AvgIpc) is 3.20.